The van der Waals surface area contributed by atoms with E-state index < -0.39 is 23.5 Å². The zero-order valence-electron chi connectivity index (χ0n) is 85.8. The Morgan fingerprint density at radius 3 is 0.966 bits per heavy atom. The van der Waals surface area contributed by atoms with Crippen molar-refractivity contribution in [1.29, 1.82) is 0 Å². The van der Waals surface area contributed by atoms with Crippen LogP contribution in [0.3, 0.4) is 0 Å². The van der Waals surface area contributed by atoms with Crippen LogP contribution < -0.4 is 59.1 Å². The molecule has 0 spiro atoms. The number of anilines is 3. The topological polar surface area (TPSA) is 310 Å². The van der Waals surface area contributed by atoms with Crippen LogP contribution in [0, 0.1) is 19.3 Å². The molecule has 3 saturated heterocycles. The highest BCUT2D eigenvalue weighted by Gasteiger charge is 2.48. The molecule has 0 aliphatic carbocycles. The molecule has 6 aliphatic heterocycles. The fraction of sp³-hybridized carbons (Fsp3) is 0.389. The summed E-state index contributed by atoms with van der Waals surface area (Å²) in [5.41, 5.74) is 12.8. The van der Waals surface area contributed by atoms with Gasteiger partial charge in [0.05, 0.1) is 134 Å². The van der Waals surface area contributed by atoms with E-state index >= 15 is 0 Å². The summed E-state index contributed by atoms with van der Waals surface area (Å²) >= 11 is 6.21. The maximum atomic E-state index is 14.5. The van der Waals surface area contributed by atoms with Gasteiger partial charge in [-0.2, -0.15) is 10.2 Å². The molecule has 0 unspecified atom stereocenters. The van der Waals surface area contributed by atoms with Crippen molar-refractivity contribution in [1.82, 2.24) is 64.9 Å². The maximum Gasteiger partial charge on any atom is 0.264 e. The normalized spacial score (nSPS) is 16.2. The minimum absolute atomic E-state index is 0.0428. The summed E-state index contributed by atoms with van der Waals surface area (Å²) in [4.78, 5) is 142. The van der Waals surface area contributed by atoms with Crippen molar-refractivity contribution in [3.05, 3.63) is 301 Å². The average Bonchev–Trinajstić information content (AvgIpc) is 1.60. The van der Waals surface area contributed by atoms with E-state index in [1.54, 1.807) is 96.9 Å². The zero-order chi connectivity index (χ0) is 103. The number of benzene rings is 9. The first kappa shape index (κ1) is 105. The quantitative estimate of drug-likeness (QED) is 0.0245. The molecule has 0 saturated carbocycles. The lowest BCUT2D eigenvalue weighted by Crippen LogP contribution is -2.47. The minimum atomic E-state index is -0.623. The highest BCUT2D eigenvalue weighted by molar-refractivity contribution is 6.33. The molecule has 6 atom stereocenters. The number of rotatable bonds is 35. The number of carbonyl (C=O) groups excluding carboxylic acids is 9. The van der Waals surface area contributed by atoms with Crippen molar-refractivity contribution in [2.45, 2.75) is 130 Å². The second-order valence-electron chi connectivity index (χ2n) is 38.3. The van der Waals surface area contributed by atoms with E-state index in [1.165, 1.54) is 42.3 Å². The van der Waals surface area contributed by atoms with Crippen LogP contribution in [0.2, 0.25) is 5.15 Å². The molecule has 9 amide bonds. The summed E-state index contributed by atoms with van der Waals surface area (Å²) in [6.45, 7) is 26.5. The Labute approximate surface area is 853 Å². The third-order valence-corrected chi connectivity index (χ3v) is 29.3. The molecule has 0 radical (unpaired) electrons. The lowest BCUT2D eigenvalue weighted by molar-refractivity contribution is -0.128. The number of halogens is 1. The molecule has 9 aromatic carbocycles. The Morgan fingerprint density at radius 1 is 0.372 bits per heavy atom. The van der Waals surface area contributed by atoms with E-state index in [1.807, 2.05) is 127 Å². The van der Waals surface area contributed by atoms with E-state index in [9.17, 15) is 43.2 Å². The number of amides is 9. The van der Waals surface area contributed by atoms with Crippen LogP contribution in [-0.4, -0.2) is 243 Å². The summed E-state index contributed by atoms with van der Waals surface area (Å²) in [6, 6.07) is 63.6. The zero-order valence-corrected chi connectivity index (χ0v) is 86.5. The number of imide groups is 3. The van der Waals surface area contributed by atoms with E-state index in [0.29, 0.717) is 143 Å². The molecule has 17 rings (SSSR count). The largest absolute Gasteiger partial charge is 0.493 e. The molecule has 0 bridgehead atoms. The van der Waals surface area contributed by atoms with Gasteiger partial charge in [0.2, 0.25) is 5.91 Å². The van der Waals surface area contributed by atoms with E-state index in [-0.39, 0.29) is 76.0 Å². The van der Waals surface area contributed by atoms with Gasteiger partial charge in [-0.15, -0.1) is 0 Å². The second-order valence-corrected chi connectivity index (χ2v) is 38.7. The molecule has 6 aliphatic rings. The lowest BCUT2D eigenvalue weighted by Gasteiger charge is -2.39. The molecule has 762 valence electrons. The Bertz CT molecular complexity index is 6510. The van der Waals surface area contributed by atoms with Gasteiger partial charge in [-0.1, -0.05) is 160 Å². The predicted molar refractivity (Wildman–Crippen MR) is 559 cm³/mol. The smallest absolute Gasteiger partial charge is 0.264 e. The summed E-state index contributed by atoms with van der Waals surface area (Å²) in [6.07, 6.45) is 4.28. The lowest BCUT2D eigenvalue weighted by atomic mass is 9.95. The van der Waals surface area contributed by atoms with Gasteiger partial charge in [0.1, 0.15) is 5.15 Å². The Balaban J connectivity index is 0.000000164. The number of aryl methyl sites for hydroxylation is 3. The number of aromatic nitrogens is 4. The van der Waals surface area contributed by atoms with Crippen molar-refractivity contribution in [3.63, 3.8) is 0 Å². The Kier molecular flexibility index (Phi) is 34.0. The molecule has 32 heteroatoms. The number of piperazine rings is 3. The number of hydrogen-bond acceptors (Lipinski definition) is 23. The van der Waals surface area contributed by atoms with Crippen LogP contribution in [0.1, 0.15) is 244 Å². The molecule has 8 heterocycles. The van der Waals surface area contributed by atoms with Crippen molar-refractivity contribution in [2.24, 2.45) is 19.5 Å². The molecular weight excluding hydrogens is 1860 g/mol. The standard InChI is InChI=1S/C39H46N6O5.C37H41ClN6O5.C37H46N4O5/c1-25-35(27(3)42(4)41-25)37(46)40-19-11-16-31(29-17-18-33(49-5)34(24-29)50-6)45-38(47)30-14-10-15-32(36(30)39(45)48)44-22-20-43(21-23-44)26(2)28-12-8-7-9-13-28;1-24(25-10-6-5-7-11-25)42-18-20-43(21-19-42)30-13-8-12-27-33(30)37(47)44(36(27)46)29(26-15-16-31(48-3)32(22-26)49-4)14-9-17-39-35(45)28-23-40-41(2)34(28)38;1-25(26-12-8-7-9-13-26)39-20-22-40(23-21-39)30-15-10-14-28-33(30)35(43)41(34(28)42)29(16-11-19-38-36(44)37(2,3)4)27-17-18-31(45-5)32(24-27)46-6/h7-10,12-15,17-18,24,26,31H,11,16,19-23H2,1-6H3,(H,40,46);5-8,10-13,15-16,22-24,29H,9,14,17-21H2,1-4H3,(H,39,45);7-10,12-15,17-18,24-25,29H,11,16,19-23H2,1-6H3,(H,38,44)/t26-,31-;24-,29-;25-,29-/m111/s1. The first-order chi connectivity index (χ1) is 69.9. The molecule has 2 aromatic heterocycles. The number of nitrogens with one attached hydrogen (secondary N) is 3. The molecule has 145 heavy (non-hydrogen) atoms. The Morgan fingerprint density at radius 2 is 0.683 bits per heavy atom. The van der Waals surface area contributed by atoms with Crippen LogP contribution in [0.5, 0.6) is 34.5 Å². The van der Waals surface area contributed by atoms with Crippen molar-refractivity contribution >= 4 is 81.8 Å². The van der Waals surface area contributed by atoms with Crippen LogP contribution in [0.25, 0.3) is 0 Å². The van der Waals surface area contributed by atoms with E-state index in [4.69, 9.17) is 40.0 Å². The van der Waals surface area contributed by atoms with Crippen molar-refractivity contribution in [2.75, 3.05) is 156 Å². The van der Waals surface area contributed by atoms with Gasteiger partial charge in [-0.05, 0) is 179 Å². The van der Waals surface area contributed by atoms with Crippen LogP contribution in [0.15, 0.2) is 206 Å². The Hall–Kier alpha value is -14.4. The predicted octanol–water partition coefficient (Wildman–Crippen LogP) is 16.9. The second kappa shape index (κ2) is 47.0. The fourth-order valence-electron chi connectivity index (χ4n) is 20.5. The first-order valence-electron chi connectivity index (χ1n) is 49.7. The number of methoxy groups -OCH3 is 6. The molecule has 11 aromatic rings. The van der Waals surface area contributed by atoms with Crippen molar-refractivity contribution in [3.8, 4) is 34.5 Å². The van der Waals surface area contributed by atoms with Crippen LogP contribution in [-0.2, 0) is 18.9 Å². The first-order valence-corrected chi connectivity index (χ1v) is 50.1. The van der Waals surface area contributed by atoms with Gasteiger partial charge >= 0.3 is 0 Å². The molecule has 3 fully saturated rings. The number of fused-ring (bicyclic) bond motifs is 3. The molecule has 31 nitrogen and oxygen atoms in total. The highest BCUT2D eigenvalue weighted by atomic mass is 35.5. The monoisotopic (exact) mass is 1990 g/mol. The van der Waals surface area contributed by atoms with Crippen molar-refractivity contribution < 1.29 is 71.6 Å². The summed E-state index contributed by atoms with van der Waals surface area (Å²) < 4.78 is 36.2. The average molecular weight is 1990 g/mol. The number of hydrogen-bond donors (Lipinski definition) is 3. The summed E-state index contributed by atoms with van der Waals surface area (Å²) in [5.74, 6) is 0.666. The number of carbonyl (C=O) groups is 9. The van der Waals surface area contributed by atoms with Gasteiger partial charge in [-0.3, -0.25) is 81.9 Å². The van der Waals surface area contributed by atoms with Gasteiger partial charge in [-0.25, -0.2) is 0 Å². The van der Waals surface area contributed by atoms with Crippen LogP contribution >= 0.6 is 11.6 Å². The fourth-order valence-corrected chi connectivity index (χ4v) is 20.7. The summed E-state index contributed by atoms with van der Waals surface area (Å²) in [7, 11) is 12.8. The number of ether oxygens (including phenoxy) is 6. The highest BCUT2D eigenvalue weighted by Crippen LogP contribution is 2.47. The molecular formula is C113H133ClN16O15. The minimum Gasteiger partial charge on any atom is -0.493 e. The van der Waals surface area contributed by atoms with E-state index in [2.05, 4.69) is 149 Å². The molecule has 3 N–H and O–H groups in total. The maximum absolute atomic E-state index is 14.5. The number of nitrogens with zero attached hydrogens (tertiary/aromatic N) is 13. The SMILES string of the molecule is COc1ccc([C@@H](CCCNC(=O)C(C)(C)C)N2C(=O)c3cccc(N4CCN([C@H](C)c5ccccc5)CC4)c3C2=O)cc1OC.COc1ccc([C@@H](CCCNC(=O)c2c(C)nn(C)c2C)N2C(=O)c3cccc(N4CCN([C@H](C)c5ccccc5)CC4)c3C2=O)cc1OC.COc1ccc([C@@H](CCCNC(=O)c2cnn(C)c2Cl)N2C(=O)c3cccc(N4CCN([C@H](C)c5ccccc5)CC4)c3C2=O)cc1OC. The van der Waals surface area contributed by atoms with E-state index in [0.717, 1.165) is 118 Å². The van der Waals surface area contributed by atoms with Gasteiger partial charge in [0.25, 0.3) is 47.3 Å². The summed E-state index contributed by atoms with van der Waals surface area (Å²) in [5, 5.41) is 17.5. The van der Waals surface area contributed by atoms with Crippen LogP contribution in [0.4, 0.5) is 17.1 Å². The van der Waals surface area contributed by atoms with Gasteiger partial charge < -0.3 is 59.1 Å². The third kappa shape index (κ3) is 22.7. The van der Waals surface area contributed by atoms with Gasteiger partial charge in [0, 0.05) is 142 Å². The van der Waals surface area contributed by atoms with Gasteiger partial charge in [0.15, 0.2) is 34.5 Å². The third-order valence-electron chi connectivity index (χ3n) is 28.9.